The number of carbonyl (C=O) groups is 1. The van der Waals surface area contributed by atoms with E-state index in [2.05, 4.69) is 5.32 Å². The molecule has 3 rings (SSSR count). The third-order valence-electron chi connectivity index (χ3n) is 5.03. The van der Waals surface area contributed by atoms with Crippen molar-refractivity contribution in [1.82, 2.24) is 14.2 Å². The Balaban J connectivity index is 1.81. The average molecular weight is 378 g/mol. The molecule has 1 atom stereocenters. The highest BCUT2D eigenvalue weighted by molar-refractivity contribution is 7.89. The van der Waals surface area contributed by atoms with Crippen molar-refractivity contribution >= 4 is 26.8 Å². The lowest BCUT2D eigenvalue weighted by Crippen LogP contribution is -2.35. The lowest BCUT2D eigenvalue weighted by Gasteiger charge is -2.25. The van der Waals surface area contributed by atoms with E-state index in [1.807, 2.05) is 30.7 Å². The normalized spacial score (nSPS) is 17.3. The number of hydrogen-bond donors (Lipinski definition) is 1. The van der Waals surface area contributed by atoms with E-state index in [-0.39, 0.29) is 18.5 Å². The van der Waals surface area contributed by atoms with Gasteiger partial charge in [-0.15, -0.1) is 0 Å². The van der Waals surface area contributed by atoms with Crippen LogP contribution in [0, 0.1) is 0 Å². The molecule has 1 aromatic heterocycles. The van der Waals surface area contributed by atoms with Crippen molar-refractivity contribution in [3.05, 3.63) is 30.5 Å². The summed E-state index contributed by atoms with van der Waals surface area (Å²) in [4.78, 5) is 12.4. The number of nitrogens with zero attached hydrogens (tertiary/aromatic N) is 2. The molecule has 6 nitrogen and oxygen atoms in total. The van der Waals surface area contributed by atoms with Crippen LogP contribution in [-0.2, 0) is 21.4 Å². The molecule has 0 saturated carbocycles. The van der Waals surface area contributed by atoms with Crippen LogP contribution >= 0.6 is 0 Å². The zero-order valence-electron chi connectivity index (χ0n) is 15.4. The van der Waals surface area contributed by atoms with Gasteiger partial charge in [0.05, 0.1) is 4.90 Å². The molecular weight excluding hydrogens is 350 g/mol. The summed E-state index contributed by atoms with van der Waals surface area (Å²) in [5, 5.41) is 3.78. The highest BCUT2D eigenvalue weighted by atomic mass is 32.2. The second-order valence-electron chi connectivity index (χ2n) is 7.01. The number of sulfonamides is 1. The zero-order valence-corrected chi connectivity index (χ0v) is 16.3. The SMILES string of the molecule is CCC(C)NC(=O)Cn1ccc2cc(S(=O)(=O)N3CCCCC3)ccc21. The van der Waals surface area contributed by atoms with Gasteiger partial charge in [-0.25, -0.2) is 8.42 Å². The van der Waals surface area contributed by atoms with E-state index < -0.39 is 10.0 Å². The summed E-state index contributed by atoms with van der Waals surface area (Å²) in [6.07, 6.45) is 5.65. The molecule has 1 fully saturated rings. The number of amides is 1. The summed E-state index contributed by atoms with van der Waals surface area (Å²) in [6.45, 7) is 5.42. The Hall–Kier alpha value is -1.86. The maximum Gasteiger partial charge on any atom is 0.243 e. The first kappa shape index (κ1) is 18.9. The van der Waals surface area contributed by atoms with Gasteiger partial charge in [-0.2, -0.15) is 4.31 Å². The fourth-order valence-electron chi connectivity index (χ4n) is 3.31. The third-order valence-corrected chi connectivity index (χ3v) is 6.92. The molecule has 1 unspecified atom stereocenters. The number of nitrogens with one attached hydrogen (secondary N) is 1. The fraction of sp³-hybridized carbons (Fsp3) is 0.526. The summed E-state index contributed by atoms with van der Waals surface area (Å²) in [5.41, 5.74) is 0.863. The topological polar surface area (TPSA) is 71.4 Å². The number of benzene rings is 1. The van der Waals surface area contributed by atoms with Crippen LogP contribution < -0.4 is 5.32 Å². The minimum absolute atomic E-state index is 0.0399. The summed E-state index contributed by atoms with van der Waals surface area (Å²) in [7, 11) is -3.44. The summed E-state index contributed by atoms with van der Waals surface area (Å²) in [6, 6.07) is 7.16. The maximum absolute atomic E-state index is 12.8. The van der Waals surface area contributed by atoms with Gasteiger partial charge >= 0.3 is 0 Å². The van der Waals surface area contributed by atoms with Crippen LogP contribution in [0.3, 0.4) is 0 Å². The van der Waals surface area contributed by atoms with Crippen molar-refractivity contribution in [2.24, 2.45) is 0 Å². The van der Waals surface area contributed by atoms with Gasteiger partial charge in [0, 0.05) is 36.2 Å². The Morgan fingerprint density at radius 1 is 1.19 bits per heavy atom. The molecule has 142 valence electrons. The third kappa shape index (κ3) is 3.94. The average Bonchev–Trinajstić information content (AvgIpc) is 3.04. The molecular formula is C19H27N3O3S. The molecule has 26 heavy (non-hydrogen) atoms. The number of carbonyl (C=O) groups excluding carboxylic acids is 1. The van der Waals surface area contributed by atoms with Crippen LogP contribution in [0.1, 0.15) is 39.5 Å². The molecule has 0 bridgehead atoms. The van der Waals surface area contributed by atoms with E-state index in [1.54, 1.807) is 22.5 Å². The van der Waals surface area contributed by atoms with Crippen molar-refractivity contribution in [3.8, 4) is 0 Å². The minimum atomic E-state index is -3.44. The monoisotopic (exact) mass is 377 g/mol. The summed E-state index contributed by atoms with van der Waals surface area (Å²) < 4.78 is 29.1. The Kier molecular flexibility index (Phi) is 5.67. The quantitative estimate of drug-likeness (QED) is 0.841. The largest absolute Gasteiger partial charge is 0.352 e. The lowest BCUT2D eigenvalue weighted by atomic mass is 10.2. The van der Waals surface area contributed by atoms with Gasteiger partial charge in [-0.05, 0) is 50.5 Å². The van der Waals surface area contributed by atoms with Gasteiger partial charge in [0.25, 0.3) is 0 Å². The molecule has 1 N–H and O–H groups in total. The molecule has 1 aliphatic heterocycles. The fourth-order valence-corrected chi connectivity index (χ4v) is 4.86. The van der Waals surface area contributed by atoms with Gasteiger partial charge in [0.15, 0.2) is 0 Å². The molecule has 1 saturated heterocycles. The van der Waals surface area contributed by atoms with Gasteiger partial charge in [0.2, 0.25) is 15.9 Å². The van der Waals surface area contributed by atoms with Gasteiger partial charge in [-0.1, -0.05) is 13.3 Å². The van der Waals surface area contributed by atoms with Crippen LogP contribution in [0.25, 0.3) is 10.9 Å². The number of rotatable bonds is 6. The first-order chi connectivity index (χ1) is 12.4. The molecule has 1 aliphatic rings. The van der Waals surface area contributed by atoms with E-state index in [0.29, 0.717) is 18.0 Å². The molecule has 1 aromatic carbocycles. The Morgan fingerprint density at radius 2 is 1.92 bits per heavy atom. The van der Waals surface area contributed by atoms with E-state index in [0.717, 1.165) is 36.6 Å². The molecule has 7 heteroatoms. The van der Waals surface area contributed by atoms with Crippen LogP contribution in [0.5, 0.6) is 0 Å². The second-order valence-corrected chi connectivity index (χ2v) is 8.94. The molecule has 2 heterocycles. The van der Waals surface area contributed by atoms with E-state index >= 15 is 0 Å². The van der Waals surface area contributed by atoms with Crippen molar-refractivity contribution < 1.29 is 13.2 Å². The Labute approximate surface area is 155 Å². The maximum atomic E-state index is 12.8. The number of piperidine rings is 1. The van der Waals surface area contributed by atoms with Crippen molar-refractivity contribution in [3.63, 3.8) is 0 Å². The molecule has 0 spiro atoms. The Bertz CT molecular complexity index is 883. The summed E-state index contributed by atoms with van der Waals surface area (Å²) >= 11 is 0. The van der Waals surface area contributed by atoms with Gasteiger partial charge in [-0.3, -0.25) is 4.79 Å². The highest BCUT2D eigenvalue weighted by Crippen LogP contribution is 2.25. The highest BCUT2D eigenvalue weighted by Gasteiger charge is 2.26. The Morgan fingerprint density at radius 3 is 2.62 bits per heavy atom. The van der Waals surface area contributed by atoms with Crippen LogP contribution in [0.15, 0.2) is 35.4 Å². The number of aromatic nitrogens is 1. The van der Waals surface area contributed by atoms with Crippen molar-refractivity contribution in [1.29, 1.82) is 0 Å². The smallest absolute Gasteiger partial charge is 0.243 e. The van der Waals surface area contributed by atoms with E-state index in [4.69, 9.17) is 0 Å². The van der Waals surface area contributed by atoms with E-state index in [1.165, 1.54) is 0 Å². The predicted molar refractivity (Wildman–Crippen MR) is 102 cm³/mol. The molecule has 0 aliphatic carbocycles. The van der Waals surface area contributed by atoms with Crippen LogP contribution in [0.4, 0.5) is 0 Å². The predicted octanol–water partition coefficient (Wildman–Crippen LogP) is 2.73. The molecule has 0 radical (unpaired) electrons. The van der Waals surface area contributed by atoms with Crippen molar-refractivity contribution in [2.45, 2.75) is 57.0 Å². The minimum Gasteiger partial charge on any atom is -0.352 e. The lowest BCUT2D eigenvalue weighted by molar-refractivity contribution is -0.122. The molecule has 1 amide bonds. The van der Waals surface area contributed by atoms with Gasteiger partial charge in [0.1, 0.15) is 6.54 Å². The van der Waals surface area contributed by atoms with Crippen LogP contribution in [0.2, 0.25) is 0 Å². The zero-order chi connectivity index (χ0) is 18.7. The van der Waals surface area contributed by atoms with E-state index in [9.17, 15) is 13.2 Å². The summed E-state index contributed by atoms with van der Waals surface area (Å²) in [5.74, 6) is -0.0399. The first-order valence-corrected chi connectivity index (χ1v) is 10.7. The number of hydrogen-bond acceptors (Lipinski definition) is 3. The first-order valence-electron chi connectivity index (χ1n) is 9.30. The van der Waals surface area contributed by atoms with Crippen LogP contribution in [-0.4, -0.2) is 42.3 Å². The number of fused-ring (bicyclic) bond motifs is 1. The second kappa shape index (κ2) is 7.80. The van der Waals surface area contributed by atoms with Crippen molar-refractivity contribution in [2.75, 3.05) is 13.1 Å². The molecule has 2 aromatic rings. The standard InChI is InChI=1S/C19H27N3O3S/c1-3-15(2)20-19(23)14-21-12-9-16-13-17(7-8-18(16)21)26(24,25)22-10-5-4-6-11-22/h7-9,12-13,15H,3-6,10-11,14H2,1-2H3,(H,20,23). The van der Waals surface area contributed by atoms with Gasteiger partial charge < -0.3 is 9.88 Å².